The summed E-state index contributed by atoms with van der Waals surface area (Å²) in [5.41, 5.74) is 0.452. The third kappa shape index (κ3) is 8.38. The number of hydrogen-bond acceptors (Lipinski definition) is 4. The van der Waals surface area contributed by atoms with Crippen molar-refractivity contribution >= 4 is 12.1 Å². The Kier molecular flexibility index (Phi) is 8.05. The minimum absolute atomic E-state index is 0.211. The van der Waals surface area contributed by atoms with Gasteiger partial charge >= 0.3 is 12.1 Å². The largest absolute Gasteiger partial charge is 0.444 e. The third-order valence-corrected chi connectivity index (χ3v) is 2.98. The van der Waals surface area contributed by atoms with E-state index in [-0.39, 0.29) is 18.7 Å². The number of urea groups is 1. The second-order valence-electron chi connectivity index (χ2n) is 6.20. The number of hydrogen-bond donors (Lipinski definition) is 3. The molecule has 7 heteroatoms. The van der Waals surface area contributed by atoms with Gasteiger partial charge in [0.1, 0.15) is 5.60 Å². The molecule has 1 atom stereocenters. The van der Waals surface area contributed by atoms with Gasteiger partial charge in [0, 0.05) is 26.7 Å². The molecule has 3 amide bonds. The molecule has 3 N–H and O–H groups in total. The molecular weight excluding hydrogens is 310 g/mol. The SMILES string of the molecule is COC(CNC(=O)NCCNC(=O)OC(C)(C)C)c1ccccc1. The fraction of sp³-hybridized carbons (Fsp3) is 0.529. The number of alkyl carbamates (subject to hydrolysis) is 1. The van der Waals surface area contributed by atoms with E-state index in [0.717, 1.165) is 5.56 Å². The Hall–Kier alpha value is -2.28. The van der Waals surface area contributed by atoms with Gasteiger partial charge in [-0.1, -0.05) is 30.3 Å². The van der Waals surface area contributed by atoms with Crippen molar-refractivity contribution in [3.05, 3.63) is 35.9 Å². The number of ether oxygens (including phenoxy) is 2. The lowest BCUT2D eigenvalue weighted by Crippen LogP contribution is -2.42. The molecule has 0 aromatic heterocycles. The number of nitrogens with one attached hydrogen (secondary N) is 3. The van der Waals surface area contributed by atoms with Gasteiger partial charge in [0.25, 0.3) is 0 Å². The summed E-state index contributed by atoms with van der Waals surface area (Å²) in [6.07, 6.45) is -0.718. The highest BCUT2D eigenvalue weighted by molar-refractivity contribution is 5.74. The van der Waals surface area contributed by atoms with Crippen LogP contribution in [0.2, 0.25) is 0 Å². The van der Waals surface area contributed by atoms with Crippen molar-refractivity contribution < 1.29 is 19.1 Å². The molecule has 7 nitrogen and oxygen atoms in total. The molecule has 0 saturated heterocycles. The molecule has 0 saturated carbocycles. The van der Waals surface area contributed by atoms with E-state index in [2.05, 4.69) is 16.0 Å². The Morgan fingerprint density at radius 2 is 1.67 bits per heavy atom. The zero-order valence-corrected chi connectivity index (χ0v) is 14.7. The standard InChI is InChI=1S/C17H27N3O4/c1-17(2,3)24-16(22)19-11-10-18-15(21)20-12-14(23-4)13-8-6-5-7-9-13/h5-9,14H,10-12H2,1-4H3,(H,19,22)(H2,18,20,21). The van der Waals surface area contributed by atoms with Crippen LogP contribution in [0.4, 0.5) is 9.59 Å². The lowest BCUT2D eigenvalue weighted by atomic mass is 10.1. The lowest BCUT2D eigenvalue weighted by Gasteiger charge is -2.20. The summed E-state index contributed by atoms with van der Waals surface area (Å²) in [7, 11) is 1.60. The summed E-state index contributed by atoms with van der Waals surface area (Å²) in [6, 6.07) is 9.33. The molecule has 0 fully saturated rings. The molecule has 0 aliphatic heterocycles. The van der Waals surface area contributed by atoms with Crippen LogP contribution < -0.4 is 16.0 Å². The van der Waals surface area contributed by atoms with Crippen molar-refractivity contribution in [2.75, 3.05) is 26.7 Å². The lowest BCUT2D eigenvalue weighted by molar-refractivity contribution is 0.0528. The first-order valence-electron chi connectivity index (χ1n) is 7.88. The van der Waals surface area contributed by atoms with Gasteiger partial charge in [0.2, 0.25) is 0 Å². The van der Waals surface area contributed by atoms with E-state index in [1.165, 1.54) is 0 Å². The van der Waals surface area contributed by atoms with E-state index < -0.39 is 11.7 Å². The van der Waals surface area contributed by atoms with Crippen LogP contribution in [0.25, 0.3) is 0 Å². The first-order chi connectivity index (χ1) is 11.3. The Balaban J connectivity index is 2.21. The molecule has 0 aliphatic rings. The zero-order valence-electron chi connectivity index (χ0n) is 14.7. The van der Waals surface area contributed by atoms with Gasteiger partial charge in [-0.3, -0.25) is 0 Å². The average Bonchev–Trinajstić information content (AvgIpc) is 2.51. The number of carbonyl (C=O) groups excluding carboxylic acids is 2. The second kappa shape index (κ2) is 9.77. The molecule has 0 bridgehead atoms. The summed E-state index contributed by atoms with van der Waals surface area (Å²) in [5, 5.41) is 7.96. The van der Waals surface area contributed by atoms with Crippen molar-refractivity contribution in [1.29, 1.82) is 0 Å². The van der Waals surface area contributed by atoms with E-state index in [1.807, 2.05) is 30.3 Å². The van der Waals surface area contributed by atoms with Gasteiger partial charge in [-0.05, 0) is 26.3 Å². The van der Waals surface area contributed by atoms with E-state index >= 15 is 0 Å². The van der Waals surface area contributed by atoms with Gasteiger partial charge in [-0.25, -0.2) is 9.59 Å². The average molecular weight is 337 g/mol. The van der Waals surface area contributed by atoms with E-state index in [4.69, 9.17) is 9.47 Å². The number of benzene rings is 1. The van der Waals surface area contributed by atoms with Crippen LogP contribution in [0.15, 0.2) is 30.3 Å². The normalized spacial score (nSPS) is 12.2. The topological polar surface area (TPSA) is 88.7 Å². The molecule has 1 rings (SSSR count). The van der Waals surface area contributed by atoms with Crippen LogP contribution in [0.3, 0.4) is 0 Å². The monoisotopic (exact) mass is 337 g/mol. The molecule has 1 aromatic carbocycles. The predicted octanol–water partition coefficient (Wildman–Crippen LogP) is 2.20. The highest BCUT2D eigenvalue weighted by Gasteiger charge is 2.15. The van der Waals surface area contributed by atoms with Gasteiger partial charge in [-0.2, -0.15) is 0 Å². The molecule has 0 heterocycles. The molecule has 1 unspecified atom stereocenters. The number of rotatable bonds is 7. The van der Waals surface area contributed by atoms with Crippen LogP contribution in [-0.4, -0.2) is 44.5 Å². The number of methoxy groups -OCH3 is 1. The molecule has 1 aromatic rings. The molecule has 0 spiro atoms. The van der Waals surface area contributed by atoms with Gasteiger partial charge in [0.05, 0.1) is 6.10 Å². The molecule has 0 aliphatic carbocycles. The van der Waals surface area contributed by atoms with E-state index in [9.17, 15) is 9.59 Å². The Bertz CT molecular complexity index is 514. The number of carbonyl (C=O) groups is 2. The van der Waals surface area contributed by atoms with Crippen LogP contribution in [0.5, 0.6) is 0 Å². The summed E-state index contributed by atoms with van der Waals surface area (Å²) in [5.74, 6) is 0. The Labute approximate surface area is 143 Å². The zero-order chi connectivity index (χ0) is 18.0. The predicted molar refractivity (Wildman–Crippen MR) is 91.8 cm³/mol. The van der Waals surface area contributed by atoms with Crippen LogP contribution in [-0.2, 0) is 9.47 Å². The van der Waals surface area contributed by atoms with Crippen LogP contribution in [0.1, 0.15) is 32.4 Å². The Morgan fingerprint density at radius 3 is 2.25 bits per heavy atom. The van der Waals surface area contributed by atoms with Crippen molar-refractivity contribution in [2.24, 2.45) is 0 Å². The van der Waals surface area contributed by atoms with Gasteiger partial charge in [0.15, 0.2) is 0 Å². The summed E-state index contributed by atoms with van der Waals surface area (Å²) in [4.78, 5) is 23.2. The fourth-order valence-corrected chi connectivity index (χ4v) is 1.91. The molecule has 24 heavy (non-hydrogen) atoms. The highest BCUT2D eigenvalue weighted by atomic mass is 16.6. The maximum atomic E-state index is 11.7. The maximum Gasteiger partial charge on any atom is 0.407 e. The highest BCUT2D eigenvalue weighted by Crippen LogP contribution is 2.14. The first kappa shape index (κ1) is 19.8. The van der Waals surface area contributed by atoms with Crippen molar-refractivity contribution in [3.8, 4) is 0 Å². The molecular formula is C17H27N3O4. The van der Waals surface area contributed by atoms with Crippen molar-refractivity contribution in [1.82, 2.24) is 16.0 Å². The summed E-state index contributed by atoms with van der Waals surface area (Å²) in [6.45, 7) is 6.31. The first-order valence-corrected chi connectivity index (χ1v) is 7.88. The molecule has 134 valence electrons. The minimum atomic E-state index is -0.540. The van der Waals surface area contributed by atoms with Crippen LogP contribution >= 0.6 is 0 Å². The van der Waals surface area contributed by atoms with Crippen LogP contribution in [0, 0.1) is 0 Å². The smallest absolute Gasteiger partial charge is 0.407 e. The fourth-order valence-electron chi connectivity index (χ4n) is 1.91. The third-order valence-electron chi connectivity index (χ3n) is 2.98. The quantitative estimate of drug-likeness (QED) is 0.666. The maximum absolute atomic E-state index is 11.7. The summed E-state index contributed by atoms with van der Waals surface area (Å²) >= 11 is 0. The van der Waals surface area contributed by atoms with Gasteiger partial charge in [-0.15, -0.1) is 0 Å². The summed E-state index contributed by atoms with van der Waals surface area (Å²) < 4.78 is 10.5. The second-order valence-corrected chi connectivity index (χ2v) is 6.20. The van der Waals surface area contributed by atoms with E-state index in [1.54, 1.807) is 27.9 Å². The number of amides is 3. The van der Waals surface area contributed by atoms with Gasteiger partial charge < -0.3 is 25.4 Å². The minimum Gasteiger partial charge on any atom is -0.444 e. The van der Waals surface area contributed by atoms with E-state index in [0.29, 0.717) is 13.1 Å². The van der Waals surface area contributed by atoms with Crippen molar-refractivity contribution in [2.45, 2.75) is 32.5 Å². The molecule has 0 radical (unpaired) electrons. The Morgan fingerprint density at radius 1 is 1.04 bits per heavy atom. The van der Waals surface area contributed by atoms with Crippen molar-refractivity contribution in [3.63, 3.8) is 0 Å².